The van der Waals surface area contributed by atoms with Crippen LogP contribution in [0.3, 0.4) is 0 Å². The number of rotatable bonds is 6. The number of carbonyl (C=O) groups is 2. The van der Waals surface area contributed by atoms with Crippen molar-refractivity contribution in [1.29, 1.82) is 0 Å². The van der Waals surface area contributed by atoms with Crippen molar-refractivity contribution < 1.29 is 28.5 Å². The average Bonchev–Trinajstić information content (AvgIpc) is 2.76. The number of fused-ring (bicyclic) bond motifs is 2. The molecule has 0 fully saturated rings. The molecule has 0 aliphatic rings. The molecule has 0 atom stereocenters. The van der Waals surface area contributed by atoms with Crippen LogP contribution in [0.15, 0.2) is 67.1 Å². The van der Waals surface area contributed by atoms with E-state index in [4.69, 9.17) is 18.9 Å². The third-order valence-corrected chi connectivity index (χ3v) is 4.52. The second-order valence-electron chi connectivity index (χ2n) is 6.70. The molecule has 0 saturated carbocycles. The average molecular weight is 420 g/mol. The van der Waals surface area contributed by atoms with Gasteiger partial charge in [0, 0.05) is 21.5 Å². The predicted octanol–water partition coefficient (Wildman–Crippen LogP) is 7.18. The minimum absolute atomic E-state index is 0.329. The lowest BCUT2D eigenvalue weighted by molar-refractivity contribution is 0.134. The first-order chi connectivity index (χ1) is 15.1. The minimum Gasteiger partial charge on any atom is -0.403 e. The first-order valence-electron chi connectivity index (χ1n) is 10.1. The van der Waals surface area contributed by atoms with Crippen molar-refractivity contribution in [3.8, 4) is 11.5 Å². The van der Waals surface area contributed by atoms with E-state index >= 15 is 0 Å². The van der Waals surface area contributed by atoms with E-state index in [0.717, 1.165) is 18.4 Å². The zero-order valence-corrected chi connectivity index (χ0v) is 17.7. The van der Waals surface area contributed by atoms with Gasteiger partial charge in [-0.2, -0.15) is 0 Å². The lowest BCUT2D eigenvalue weighted by Gasteiger charge is -2.16. The molecule has 6 nitrogen and oxygen atoms in total. The fourth-order valence-electron chi connectivity index (χ4n) is 3.15. The summed E-state index contributed by atoms with van der Waals surface area (Å²) in [7, 11) is 0. The largest absolute Gasteiger partial charge is 0.518 e. The Morgan fingerprint density at radius 1 is 0.742 bits per heavy atom. The number of hydrogen-bond donors (Lipinski definition) is 0. The third kappa shape index (κ3) is 5.04. The third-order valence-electron chi connectivity index (χ3n) is 4.52. The number of ether oxygens (including phenoxy) is 4. The Hall–Kier alpha value is -3.80. The number of hydrogen-bond acceptors (Lipinski definition) is 6. The van der Waals surface area contributed by atoms with E-state index < -0.39 is 12.3 Å². The molecule has 0 aliphatic heterocycles. The van der Waals surface area contributed by atoms with Crippen LogP contribution in [0.5, 0.6) is 11.5 Å². The van der Waals surface area contributed by atoms with Crippen LogP contribution in [0, 0.1) is 6.92 Å². The molecule has 0 amide bonds. The smallest absolute Gasteiger partial charge is 0.403 e. The zero-order valence-electron chi connectivity index (χ0n) is 17.7. The maximum atomic E-state index is 12.3. The topological polar surface area (TPSA) is 71.1 Å². The first-order valence-corrected chi connectivity index (χ1v) is 10.1. The SMILES string of the molecule is CC/C=C/OC(=O)Oc1c2ccccc2c(OC(=O)O/C=C/CC)c2c(C)cccc12. The maximum absolute atomic E-state index is 12.3. The van der Waals surface area contributed by atoms with Crippen molar-refractivity contribution in [3.63, 3.8) is 0 Å². The van der Waals surface area contributed by atoms with Crippen LogP contribution in [0.1, 0.15) is 32.3 Å². The minimum atomic E-state index is -0.851. The molecule has 6 heteroatoms. The van der Waals surface area contributed by atoms with Crippen LogP contribution >= 0.6 is 0 Å². The highest BCUT2D eigenvalue weighted by Crippen LogP contribution is 2.44. The van der Waals surface area contributed by atoms with E-state index in [2.05, 4.69) is 0 Å². The van der Waals surface area contributed by atoms with E-state index in [1.807, 2.05) is 45.0 Å². The highest BCUT2D eigenvalue weighted by molar-refractivity contribution is 6.13. The lowest BCUT2D eigenvalue weighted by Crippen LogP contribution is -2.10. The summed E-state index contributed by atoms with van der Waals surface area (Å²) in [6.07, 6.45) is 5.77. The summed E-state index contributed by atoms with van der Waals surface area (Å²) in [6, 6.07) is 12.7. The van der Waals surface area contributed by atoms with Crippen LogP contribution in [0.2, 0.25) is 0 Å². The molecule has 0 spiro atoms. The number of allylic oxidation sites excluding steroid dienone is 2. The second kappa shape index (κ2) is 10.3. The molecule has 0 unspecified atom stereocenters. The molecule has 0 N–H and O–H groups in total. The Morgan fingerprint density at radius 3 is 1.84 bits per heavy atom. The molecular formula is C25H24O6. The summed E-state index contributed by atoms with van der Waals surface area (Å²) < 4.78 is 21.2. The number of aryl methyl sites for hydroxylation is 1. The van der Waals surface area contributed by atoms with Crippen molar-refractivity contribution in [2.24, 2.45) is 0 Å². The van der Waals surface area contributed by atoms with Gasteiger partial charge in [-0.05, 0) is 37.5 Å². The van der Waals surface area contributed by atoms with Crippen LogP contribution in [0.25, 0.3) is 21.5 Å². The van der Waals surface area contributed by atoms with Gasteiger partial charge in [0.25, 0.3) is 0 Å². The van der Waals surface area contributed by atoms with Crippen LogP contribution in [-0.2, 0) is 9.47 Å². The monoisotopic (exact) mass is 420 g/mol. The Labute approximate surface area is 180 Å². The van der Waals surface area contributed by atoms with Crippen molar-refractivity contribution in [3.05, 3.63) is 72.7 Å². The lowest BCUT2D eigenvalue weighted by atomic mass is 9.97. The molecule has 0 saturated heterocycles. The van der Waals surface area contributed by atoms with Gasteiger partial charge in [-0.25, -0.2) is 9.59 Å². The molecule has 0 radical (unpaired) electrons. The molecule has 3 rings (SSSR count). The van der Waals surface area contributed by atoms with Crippen molar-refractivity contribution in [2.75, 3.05) is 0 Å². The number of carbonyl (C=O) groups excluding carboxylic acids is 2. The van der Waals surface area contributed by atoms with Gasteiger partial charge in [-0.15, -0.1) is 0 Å². The van der Waals surface area contributed by atoms with Crippen LogP contribution in [-0.4, -0.2) is 12.3 Å². The van der Waals surface area contributed by atoms with Crippen molar-refractivity contribution in [1.82, 2.24) is 0 Å². The molecule has 3 aromatic rings. The molecule has 0 bridgehead atoms. The van der Waals surface area contributed by atoms with E-state index in [1.54, 1.807) is 30.4 Å². The molecular weight excluding hydrogens is 396 g/mol. The van der Waals surface area contributed by atoms with E-state index in [1.165, 1.54) is 12.5 Å². The molecule has 160 valence electrons. The molecule has 31 heavy (non-hydrogen) atoms. The predicted molar refractivity (Wildman–Crippen MR) is 119 cm³/mol. The number of benzene rings is 3. The molecule has 3 aromatic carbocycles. The molecule has 0 aliphatic carbocycles. The van der Waals surface area contributed by atoms with Gasteiger partial charge in [-0.3, -0.25) is 0 Å². The first kappa shape index (κ1) is 21.9. The molecule has 0 aromatic heterocycles. The summed E-state index contributed by atoms with van der Waals surface area (Å²) in [6.45, 7) is 5.74. The van der Waals surface area contributed by atoms with E-state index in [0.29, 0.717) is 33.0 Å². The van der Waals surface area contributed by atoms with Gasteiger partial charge in [0.1, 0.15) is 5.75 Å². The van der Waals surface area contributed by atoms with Crippen molar-refractivity contribution in [2.45, 2.75) is 33.6 Å². The van der Waals surface area contributed by atoms with Crippen LogP contribution < -0.4 is 9.47 Å². The Morgan fingerprint density at radius 2 is 1.26 bits per heavy atom. The summed E-state index contributed by atoms with van der Waals surface area (Å²) >= 11 is 0. The van der Waals surface area contributed by atoms with Crippen LogP contribution in [0.4, 0.5) is 9.59 Å². The standard InChI is InChI=1S/C25H24O6/c1-4-6-15-28-24(26)30-22-18-12-8-9-13-19(18)23(31-25(27)29-16-7-5-2)21-17(3)11-10-14-20(21)22/h6-16H,4-5H2,1-3H3/b15-6+,16-7+. The van der Waals surface area contributed by atoms with Crippen molar-refractivity contribution >= 4 is 33.9 Å². The molecule has 0 heterocycles. The summed E-state index contributed by atoms with van der Waals surface area (Å²) in [5.74, 6) is 0.668. The Bertz CT molecular complexity index is 1160. The normalized spacial score (nSPS) is 11.3. The zero-order chi connectivity index (χ0) is 22.2. The highest BCUT2D eigenvalue weighted by atomic mass is 16.7. The quantitative estimate of drug-likeness (QED) is 0.182. The van der Waals surface area contributed by atoms with Gasteiger partial charge in [0.2, 0.25) is 0 Å². The highest BCUT2D eigenvalue weighted by Gasteiger charge is 2.21. The van der Waals surface area contributed by atoms with Gasteiger partial charge in [0.05, 0.1) is 12.5 Å². The second-order valence-corrected chi connectivity index (χ2v) is 6.70. The summed E-state index contributed by atoms with van der Waals surface area (Å²) in [5, 5.41) is 2.46. The van der Waals surface area contributed by atoms with Gasteiger partial charge >= 0.3 is 12.3 Å². The Balaban J connectivity index is 2.15. The summed E-state index contributed by atoms with van der Waals surface area (Å²) in [5.41, 5.74) is 0.847. The summed E-state index contributed by atoms with van der Waals surface area (Å²) in [4.78, 5) is 24.5. The van der Waals surface area contributed by atoms with E-state index in [9.17, 15) is 9.59 Å². The van der Waals surface area contributed by atoms with Gasteiger partial charge in [0.15, 0.2) is 5.75 Å². The fraction of sp³-hybridized carbons (Fsp3) is 0.200. The Kier molecular flexibility index (Phi) is 7.27. The fourth-order valence-corrected chi connectivity index (χ4v) is 3.15. The van der Waals surface area contributed by atoms with Gasteiger partial charge < -0.3 is 18.9 Å². The maximum Gasteiger partial charge on any atom is 0.518 e. The van der Waals surface area contributed by atoms with E-state index in [-0.39, 0.29) is 0 Å². The van der Waals surface area contributed by atoms with Gasteiger partial charge in [-0.1, -0.05) is 56.3 Å².